The van der Waals surface area contributed by atoms with Crippen LogP contribution in [0.3, 0.4) is 0 Å². The molecule has 134 valence electrons. The molecule has 0 aromatic carbocycles. The molecule has 4 rings (SSSR count). The van der Waals surface area contributed by atoms with E-state index in [2.05, 4.69) is 25.5 Å². The highest BCUT2D eigenvalue weighted by Crippen LogP contribution is 2.41. The van der Waals surface area contributed by atoms with Crippen molar-refractivity contribution >= 4 is 18.2 Å². The maximum Gasteiger partial charge on any atom is 0.290 e. The van der Waals surface area contributed by atoms with Crippen LogP contribution >= 0.6 is 0 Å². The number of rotatable bonds is 2. The van der Waals surface area contributed by atoms with Crippen LogP contribution in [-0.2, 0) is 16.6 Å². The molecular formula is C17H18N6O3. The van der Waals surface area contributed by atoms with Crippen molar-refractivity contribution in [3.63, 3.8) is 0 Å². The van der Waals surface area contributed by atoms with Gasteiger partial charge in [-0.1, -0.05) is 6.07 Å². The van der Waals surface area contributed by atoms with Crippen molar-refractivity contribution in [1.29, 1.82) is 0 Å². The molecule has 3 aromatic rings. The number of aryl methyl sites for hydroxylation is 1. The number of nitrogens with one attached hydrogen (secondary N) is 2. The number of carboxylic acid groups (broad SMARTS) is 1. The summed E-state index contributed by atoms with van der Waals surface area (Å²) in [5.41, 5.74) is 3.61. The van der Waals surface area contributed by atoms with Gasteiger partial charge in [-0.3, -0.25) is 19.7 Å². The van der Waals surface area contributed by atoms with Crippen LogP contribution in [0, 0.1) is 6.92 Å². The Balaban J connectivity index is 0.000000613. The van der Waals surface area contributed by atoms with Crippen molar-refractivity contribution in [2.24, 2.45) is 7.05 Å². The topological polar surface area (TPSA) is 126 Å². The largest absolute Gasteiger partial charge is 0.483 e. The highest BCUT2D eigenvalue weighted by atomic mass is 16.3. The van der Waals surface area contributed by atoms with E-state index in [1.165, 1.54) is 0 Å². The summed E-state index contributed by atoms with van der Waals surface area (Å²) in [7, 11) is 1.96. The van der Waals surface area contributed by atoms with Crippen molar-refractivity contribution in [2.75, 3.05) is 5.32 Å². The second-order valence-electron chi connectivity index (χ2n) is 5.78. The first-order valence-corrected chi connectivity index (χ1v) is 7.92. The van der Waals surface area contributed by atoms with Crippen molar-refractivity contribution in [2.45, 2.75) is 19.3 Å². The summed E-state index contributed by atoms with van der Waals surface area (Å²) >= 11 is 0. The van der Waals surface area contributed by atoms with Gasteiger partial charge in [0.2, 0.25) is 5.91 Å². The highest BCUT2D eigenvalue weighted by Gasteiger charge is 2.34. The monoisotopic (exact) mass is 354 g/mol. The molecule has 3 N–H and O–H groups in total. The van der Waals surface area contributed by atoms with E-state index in [1.807, 2.05) is 42.9 Å². The molecule has 9 heteroatoms. The molecule has 4 heterocycles. The fourth-order valence-electron chi connectivity index (χ4n) is 3.06. The minimum atomic E-state index is -0.250. The van der Waals surface area contributed by atoms with Crippen LogP contribution in [0.1, 0.15) is 29.4 Å². The summed E-state index contributed by atoms with van der Waals surface area (Å²) in [6, 6.07) is 5.73. The molecule has 0 radical (unpaired) electrons. The first-order chi connectivity index (χ1) is 12.6. The van der Waals surface area contributed by atoms with Gasteiger partial charge in [-0.15, -0.1) is 0 Å². The van der Waals surface area contributed by atoms with Gasteiger partial charge < -0.3 is 15.0 Å². The molecule has 1 atom stereocenters. The van der Waals surface area contributed by atoms with E-state index in [-0.39, 0.29) is 18.3 Å². The third kappa shape index (κ3) is 3.06. The van der Waals surface area contributed by atoms with Crippen LogP contribution in [0.4, 0.5) is 5.82 Å². The van der Waals surface area contributed by atoms with E-state index in [4.69, 9.17) is 9.90 Å². The second kappa shape index (κ2) is 7.18. The first kappa shape index (κ1) is 17.3. The van der Waals surface area contributed by atoms with Crippen LogP contribution in [0.25, 0.3) is 11.4 Å². The Kier molecular flexibility index (Phi) is 4.78. The summed E-state index contributed by atoms with van der Waals surface area (Å²) in [4.78, 5) is 29.2. The number of hydrogen-bond acceptors (Lipinski definition) is 5. The number of imidazole rings is 1. The van der Waals surface area contributed by atoms with Gasteiger partial charge in [-0.05, 0) is 19.1 Å². The Morgan fingerprint density at radius 2 is 2.12 bits per heavy atom. The van der Waals surface area contributed by atoms with Gasteiger partial charge in [0.25, 0.3) is 6.47 Å². The van der Waals surface area contributed by atoms with Gasteiger partial charge in [0, 0.05) is 43.0 Å². The molecule has 3 aromatic heterocycles. The van der Waals surface area contributed by atoms with E-state index in [0.29, 0.717) is 12.2 Å². The lowest BCUT2D eigenvalue weighted by atomic mass is 9.88. The molecule has 0 saturated carbocycles. The maximum absolute atomic E-state index is 12.1. The number of hydrogen-bond donors (Lipinski definition) is 3. The molecular weight excluding hydrogens is 336 g/mol. The summed E-state index contributed by atoms with van der Waals surface area (Å²) in [6.07, 6.45) is 3.94. The van der Waals surface area contributed by atoms with Crippen molar-refractivity contribution in [1.82, 2.24) is 24.7 Å². The predicted molar refractivity (Wildman–Crippen MR) is 93.5 cm³/mol. The van der Waals surface area contributed by atoms with Gasteiger partial charge in [-0.2, -0.15) is 5.10 Å². The zero-order valence-electron chi connectivity index (χ0n) is 14.3. The molecule has 26 heavy (non-hydrogen) atoms. The minimum Gasteiger partial charge on any atom is -0.483 e. The third-order valence-corrected chi connectivity index (χ3v) is 4.33. The van der Waals surface area contributed by atoms with Crippen LogP contribution in [0.5, 0.6) is 0 Å². The molecule has 0 fully saturated rings. The Morgan fingerprint density at radius 3 is 2.73 bits per heavy atom. The molecule has 1 aliphatic heterocycles. The van der Waals surface area contributed by atoms with Crippen LogP contribution < -0.4 is 5.32 Å². The number of carbonyl (C=O) groups is 2. The van der Waals surface area contributed by atoms with Crippen molar-refractivity contribution < 1.29 is 14.7 Å². The van der Waals surface area contributed by atoms with Gasteiger partial charge in [-0.25, -0.2) is 4.98 Å². The van der Waals surface area contributed by atoms with Crippen molar-refractivity contribution in [3.05, 3.63) is 47.7 Å². The average molecular weight is 354 g/mol. The molecule has 1 amide bonds. The number of H-pyrrole nitrogens is 1. The van der Waals surface area contributed by atoms with Crippen LogP contribution in [-0.4, -0.2) is 42.2 Å². The SMILES string of the molecule is Cc1ncc(C2CC(=O)Nc3n[nH]c(-c4ccccn4)c32)n1C.O=CO. The van der Waals surface area contributed by atoms with E-state index in [1.54, 1.807) is 6.20 Å². The van der Waals surface area contributed by atoms with Crippen LogP contribution in [0.2, 0.25) is 0 Å². The number of fused-ring (bicyclic) bond motifs is 1. The number of anilines is 1. The zero-order chi connectivity index (χ0) is 18.7. The summed E-state index contributed by atoms with van der Waals surface area (Å²) in [5, 5.41) is 17.0. The van der Waals surface area contributed by atoms with E-state index >= 15 is 0 Å². The molecule has 0 bridgehead atoms. The van der Waals surface area contributed by atoms with E-state index < -0.39 is 0 Å². The number of carbonyl (C=O) groups excluding carboxylic acids is 1. The van der Waals surface area contributed by atoms with E-state index in [9.17, 15) is 4.79 Å². The maximum atomic E-state index is 12.1. The lowest BCUT2D eigenvalue weighted by Crippen LogP contribution is -2.24. The molecule has 9 nitrogen and oxygen atoms in total. The van der Waals surface area contributed by atoms with Gasteiger partial charge in [0.05, 0.1) is 11.4 Å². The zero-order valence-corrected chi connectivity index (χ0v) is 14.3. The Labute approximate surface area is 149 Å². The van der Waals surface area contributed by atoms with Gasteiger partial charge >= 0.3 is 0 Å². The number of amides is 1. The van der Waals surface area contributed by atoms with Crippen LogP contribution in [0.15, 0.2) is 30.6 Å². The molecule has 0 spiro atoms. The molecule has 1 aliphatic rings. The molecule has 1 unspecified atom stereocenters. The summed E-state index contributed by atoms with van der Waals surface area (Å²) < 4.78 is 2.02. The summed E-state index contributed by atoms with van der Waals surface area (Å²) in [5.74, 6) is 1.35. The number of aromatic amines is 1. The van der Waals surface area contributed by atoms with Crippen molar-refractivity contribution in [3.8, 4) is 11.4 Å². The Hall–Kier alpha value is -3.49. The highest BCUT2D eigenvalue weighted by molar-refractivity contribution is 5.95. The first-order valence-electron chi connectivity index (χ1n) is 7.92. The average Bonchev–Trinajstić information content (AvgIpc) is 3.20. The lowest BCUT2D eigenvalue weighted by molar-refractivity contribution is -0.123. The molecule has 0 saturated heterocycles. The smallest absolute Gasteiger partial charge is 0.290 e. The lowest BCUT2D eigenvalue weighted by Gasteiger charge is -2.23. The summed E-state index contributed by atoms with van der Waals surface area (Å²) in [6.45, 7) is 1.70. The fraction of sp³-hybridized carbons (Fsp3) is 0.235. The Bertz CT molecular complexity index is 931. The van der Waals surface area contributed by atoms with E-state index in [0.717, 1.165) is 28.5 Å². The predicted octanol–water partition coefficient (Wildman–Crippen LogP) is 1.69. The standard InChI is InChI=1S/C16H16N6O.CH2O2/c1-9-18-8-12(22(9)2)10-7-13(23)19-16-14(10)15(20-21-16)11-5-3-4-6-17-11;2-1-3/h3-6,8,10H,7H2,1-2H3,(H2,19,20,21,23);1H,(H,2,3). The second-order valence-corrected chi connectivity index (χ2v) is 5.78. The number of aromatic nitrogens is 5. The van der Waals surface area contributed by atoms with Gasteiger partial charge in [0.15, 0.2) is 5.82 Å². The number of pyridine rings is 1. The quantitative estimate of drug-likeness (QED) is 0.601. The van der Waals surface area contributed by atoms with Gasteiger partial charge in [0.1, 0.15) is 5.82 Å². The molecule has 0 aliphatic carbocycles. The minimum absolute atomic E-state index is 0.0413. The third-order valence-electron chi connectivity index (χ3n) is 4.33. The fourth-order valence-corrected chi connectivity index (χ4v) is 3.06. The number of nitrogens with zero attached hydrogens (tertiary/aromatic N) is 4. The Morgan fingerprint density at radius 1 is 1.35 bits per heavy atom. The normalized spacial score (nSPS) is 15.5.